The number of carbonyl (C=O) groups excluding carboxylic acids is 1. The lowest BCUT2D eigenvalue weighted by Crippen LogP contribution is -2.29. The zero-order chi connectivity index (χ0) is 21.4. The number of nitrogens with zero attached hydrogens (tertiary/aromatic N) is 1. The SMILES string of the molecule is COc1ccc(OCCCC(=O)Nc2ccc(S(=O)(=O)NC3=NCCC3)cc2)cc1. The highest BCUT2D eigenvalue weighted by Gasteiger charge is 2.18. The van der Waals surface area contributed by atoms with E-state index >= 15 is 0 Å². The smallest absolute Gasteiger partial charge is 0.262 e. The van der Waals surface area contributed by atoms with Gasteiger partial charge in [-0.25, -0.2) is 8.42 Å². The molecule has 0 saturated carbocycles. The predicted octanol–water partition coefficient (Wildman–Crippen LogP) is 2.96. The summed E-state index contributed by atoms with van der Waals surface area (Å²) in [6, 6.07) is 13.3. The van der Waals surface area contributed by atoms with E-state index in [-0.39, 0.29) is 17.2 Å². The van der Waals surface area contributed by atoms with Gasteiger partial charge >= 0.3 is 0 Å². The van der Waals surface area contributed by atoms with Crippen LogP contribution in [-0.4, -0.2) is 40.4 Å². The largest absolute Gasteiger partial charge is 0.497 e. The number of sulfonamides is 1. The van der Waals surface area contributed by atoms with Gasteiger partial charge in [0.05, 0.1) is 18.6 Å². The summed E-state index contributed by atoms with van der Waals surface area (Å²) in [5.41, 5.74) is 0.535. The summed E-state index contributed by atoms with van der Waals surface area (Å²) in [6.45, 7) is 1.06. The summed E-state index contributed by atoms with van der Waals surface area (Å²) in [6.07, 6.45) is 2.33. The molecular formula is C21H25N3O5S. The maximum atomic E-state index is 12.3. The number of amides is 1. The molecule has 0 aliphatic carbocycles. The van der Waals surface area contributed by atoms with Crippen molar-refractivity contribution in [3.05, 3.63) is 48.5 Å². The molecule has 8 nitrogen and oxygen atoms in total. The summed E-state index contributed by atoms with van der Waals surface area (Å²) in [5.74, 6) is 1.79. The molecule has 160 valence electrons. The first-order chi connectivity index (χ1) is 14.5. The highest BCUT2D eigenvalue weighted by Crippen LogP contribution is 2.18. The maximum absolute atomic E-state index is 12.3. The van der Waals surface area contributed by atoms with E-state index in [2.05, 4.69) is 15.0 Å². The Morgan fingerprint density at radius 1 is 1.07 bits per heavy atom. The van der Waals surface area contributed by atoms with Crippen molar-refractivity contribution < 1.29 is 22.7 Å². The molecule has 9 heteroatoms. The summed E-state index contributed by atoms with van der Waals surface area (Å²) >= 11 is 0. The van der Waals surface area contributed by atoms with Crippen molar-refractivity contribution in [2.24, 2.45) is 4.99 Å². The first kappa shape index (κ1) is 21.6. The number of amidine groups is 1. The number of ether oxygens (including phenoxy) is 2. The normalized spacial score (nSPS) is 13.4. The van der Waals surface area contributed by atoms with Crippen molar-refractivity contribution in [1.29, 1.82) is 0 Å². The Labute approximate surface area is 176 Å². The minimum absolute atomic E-state index is 0.128. The van der Waals surface area contributed by atoms with E-state index in [0.29, 0.717) is 43.3 Å². The number of rotatable bonds is 9. The molecule has 0 unspecified atom stereocenters. The molecule has 1 heterocycles. The lowest BCUT2D eigenvalue weighted by Gasteiger charge is -2.10. The molecule has 2 N–H and O–H groups in total. The van der Waals surface area contributed by atoms with Gasteiger partial charge in [-0.15, -0.1) is 0 Å². The van der Waals surface area contributed by atoms with Crippen LogP contribution in [0.5, 0.6) is 11.5 Å². The van der Waals surface area contributed by atoms with Crippen molar-refractivity contribution in [3.63, 3.8) is 0 Å². The fourth-order valence-corrected chi connectivity index (χ4v) is 3.96. The molecule has 1 amide bonds. The first-order valence-electron chi connectivity index (χ1n) is 9.69. The van der Waals surface area contributed by atoms with E-state index in [9.17, 15) is 13.2 Å². The Kier molecular flexibility index (Phi) is 7.29. The van der Waals surface area contributed by atoms with Crippen LogP contribution >= 0.6 is 0 Å². The van der Waals surface area contributed by atoms with Gasteiger partial charge in [0, 0.05) is 25.1 Å². The van der Waals surface area contributed by atoms with Crippen LogP contribution in [0.2, 0.25) is 0 Å². The average Bonchev–Trinajstić information content (AvgIpc) is 3.24. The number of nitrogens with one attached hydrogen (secondary N) is 2. The van der Waals surface area contributed by atoms with Gasteiger partial charge in [0.25, 0.3) is 10.0 Å². The van der Waals surface area contributed by atoms with Gasteiger partial charge in [0.1, 0.15) is 17.3 Å². The Bertz CT molecular complexity index is 986. The molecule has 1 aliphatic heterocycles. The average molecular weight is 432 g/mol. The fraction of sp³-hybridized carbons (Fsp3) is 0.333. The lowest BCUT2D eigenvalue weighted by atomic mass is 10.2. The Hall–Kier alpha value is -3.07. The number of hydrogen-bond acceptors (Lipinski definition) is 6. The van der Waals surface area contributed by atoms with E-state index < -0.39 is 10.0 Å². The summed E-state index contributed by atoms with van der Waals surface area (Å²) < 4.78 is 37.9. The maximum Gasteiger partial charge on any atom is 0.262 e. The fourth-order valence-electron chi connectivity index (χ4n) is 2.87. The van der Waals surface area contributed by atoms with Gasteiger partial charge in [-0.2, -0.15) is 0 Å². The van der Waals surface area contributed by atoms with E-state index in [1.807, 2.05) is 24.3 Å². The molecule has 1 aliphatic rings. The highest BCUT2D eigenvalue weighted by molar-refractivity contribution is 7.90. The Morgan fingerprint density at radius 2 is 1.77 bits per heavy atom. The standard InChI is InChI=1S/C21H25N3O5S/c1-28-17-8-10-18(11-9-17)29-15-3-5-21(25)23-16-6-12-19(13-7-16)30(26,27)24-20-4-2-14-22-20/h6-13H,2-5,14-15H2,1H3,(H,22,24)(H,23,25). The van der Waals surface area contributed by atoms with Gasteiger partial charge in [0.2, 0.25) is 5.91 Å². The van der Waals surface area contributed by atoms with E-state index in [1.165, 1.54) is 12.1 Å². The number of hydrogen-bond donors (Lipinski definition) is 2. The molecule has 0 fully saturated rings. The van der Waals surface area contributed by atoms with Crippen molar-refractivity contribution in [1.82, 2.24) is 4.72 Å². The zero-order valence-corrected chi connectivity index (χ0v) is 17.6. The highest BCUT2D eigenvalue weighted by atomic mass is 32.2. The van der Waals surface area contributed by atoms with Crippen molar-refractivity contribution in [2.45, 2.75) is 30.6 Å². The summed E-state index contributed by atoms with van der Waals surface area (Å²) in [7, 11) is -2.05. The molecule has 2 aromatic carbocycles. The first-order valence-corrected chi connectivity index (χ1v) is 11.2. The third kappa shape index (κ3) is 6.21. The molecule has 0 bridgehead atoms. The van der Waals surface area contributed by atoms with Crippen LogP contribution in [0.15, 0.2) is 58.4 Å². The van der Waals surface area contributed by atoms with Crippen molar-refractivity contribution >= 4 is 27.5 Å². The van der Waals surface area contributed by atoms with Crippen LogP contribution in [0, 0.1) is 0 Å². The number of benzene rings is 2. The van der Waals surface area contributed by atoms with Crippen molar-refractivity contribution in [3.8, 4) is 11.5 Å². The molecule has 30 heavy (non-hydrogen) atoms. The number of carbonyl (C=O) groups is 1. The third-order valence-corrected chi connectivity index (χ3v) is 5.85. The molecule has 3 rings (SSSR count). The molecule has 0 aromatic heterocycles. The summed E-state index contributed by atoms with van der Waals surface area (Å²) in [5, 5.41) is 2.76. The van der Waals surface area contributed by atoms with Gasteiger partial charge in [0.15, 0.2) is 0 Å². The van der Waals surface area contributed by atoms with Gasteiger partial charge in [-0.3, -0.25) is 14.5 Å². The van der Waals surface area contributed by atoms with Crippen LogP contribution < -0.4 is 19.5 Å². The monoisotopic (exact) mass is 431 g/mol. The molecule has 0 spiro atoms. The van der Waals surface area contributed by atoms with E-state index in [1.54, 1.807) is 19.2 Å². The molecule has 0 saturated heterocycles. The minimum Gasteiger partial charge on any atom is -0.497 e. The Balaban J connectivity index is 1.42. The second-order valence-electron chi connectivity index (χ2n) is 6.74. The van der Waals surface area contributed by atoms with Crippen LogP contribution in [0.25, 0.3) is 0 Å². The minimum atomic E-state index is -3.66. The van der Waals surface area contributed by atoms with Crippen LogP contribution in [0.4, 0.5) is 5.69 Å². The number of methoxy groups -OCH3 is 1. The molecule has 2 aromatic rings. The van der Waals surface area contributed by atoms with Crippen LogP contribution in [-0.2, 0) is 14.8 Å². The molecule has 0 radical (unpaired) electrons. The van der Waals surface area contributed by atoms with E-state index in [4.69, 9.17) is 9.47 Å². The van der Waals surface area contributed by atoms with Gasteiger partial charge < -0.3 is 14.8 Å². The zero-order valence-electron chi connectivity index (χ0n) is 16.8. The Morgan fingerprint density at radius 3 is 2.40 bits per heavy atom. The second kappa shape index (κ2) is 10.1. The van der Waals surface area contributed by atoms with Crippen LogP contribution in [0.3, 0.4) is 0 Å². The van der Waals surface area contributed by atoms with E-state index in [0.717, 1.165) is 12.2 Å². The summed E-state index contributed by atoms with van der Waals surface area (Å²) in [4.78, 5) is 16.3. The van der Waals surface area contributed by atoms with Crippen molar-refractivity contribution in [2.75, 3.05) is 25.6 Å². The topological polar surface area (TPSA) is 106 Å². The van der Waals surface area contributed by atoms with Gasteiger partial charge in [-0.05, 0) is 61.4 Å². The second-order valence-corrected chi connectivity index (χ2v) is 8.42. The molecule has 0 atom stereocenters. The number of aliphatic imine (C=N–C) groups is 1. The molecular weight excluding hydrogens is 406 g/mol. The number of anilines is 1. The predicted molar refractivity (Wildman–Crippen MR) is 115 cm³/mol. The lowest BCUT2D eigenvalue weighted by molar-refractivity contribution is -0.116. The quantitative estimate of drug-likeness (QED) is 0.594. The van der Waals surface area contributed by atoms with Gasteiger partial charge in [-0.1, -0.05) is 0 Å². The third-order valence-electron chi connectivity index (χ3n) is 4.45. The van der Waals surface area contributed by atoms with Crippen LogP contribution in [0.1, 0.15) is 25.7 Å².